The molecular formula is C15H10F4O2. The number of methoxy groups -OCH3 is 1. The van der Waals surface area contributed by atoms with E-state index in [4.69, 9.17) is 0 Å². The lowest BCUT2D eigenvalue weighted by molar-refractivity contribution is -0.137. The molecule has 0 amide bonds. The van der Waals surface area contributed by atoms with Crippen LogP contribution in [0.3, 0.4) is 0 Å². The van der Waals surface area contributed by atoms with E-state index in [0.717, 1.165) is 31.4 Å². The summed E-state index contributed by atoms with van der Waals surface area (Å²) >= 11 is 0. The van der Waals surface area contributed by atoms with Crippen molar-refractivity contribution < 1.29 is 27.1 Å². The zero-order valence-electron chi connectivity index (χ0n) is 10.9. The fraction of sp³-hybridized carbons (Fsp3) is 0.133. The monoisotopic (exact) mass is 298 g/mol. The van der Waals surface area contributed by atoms with Crippen molar-refractivity contribution in [2.24, 2.45) is 0 Å². The first-order chi connectivity index (χ1) is 9.81. The predicted molar refractivity (Wildman–Crippen MR) is 68.2 cm³/mol. The highest BCUT2D eigenvalue weighted by atomic mass is 19.4. The second-order valence-corrected chi connectivity index (χ2v) is 4.30. The van der Waals surface area contributed by atoms with Crippen LogP contribution in [0, 0.1) is 5.82 Å². The summed E-state index contributed by atoms with van der Waals surface area (Å²) < 4.78 is 55.4. The Hall–Kier alpha value is -2.37. The third-order valence-electron chi connectivity index (χ3n) is 2.86. The van der Waals surface area contributed by atoms with Gasteiger partial charge in [-0.15, -0.1) is 0 Å². The van der Waals surface area contributed by atoms with Gasteiger partial charge in [0.25, 0.3) is 0 Å². The summed E-state index contributed by atoms with van der Waals surface area (Å²) in [6.45, 7) is 0. The van der Waals surface area contributed by atoms with E-state index < -0.39 is 23.5 Å². The lowest BCUT2D eigenvalue weighted by atomic mass is 10.0. The summed E-state index contributed by atoms with van der Waals surface area (Å²) in [6, 6.07) is 7.74. The minimum atomic E-state index is -4.43. The quantitative estimate of drug-likeness (QED) is 0.610. The number of esters is 1. The molecular weight excluding hydrogens is 288 g/mol. The van der Waals surface area contributed by atoms with Crippen LogP contribution in [0.2, 0.25) is 0 Å². The summed E-state index contributed by atoms with van der Waals surface area (Å²) in [5.41, 5.74) is -0.139. The normalized spacial score (nSPS) is 11.3. The van der Waals surface area contributed by atoms with Gasteiger partial charge < -0.3 is 4.74 Å². The standard InChI is InChI=1S/C15H10F4O2/c1-21-14(20)11-6-10(7-13(16)8-11)9-2-4-12(5-3-9)15(17,18)19/h2-8H,1H3. The molecule has 6 heteroatoms. The Bertz CT molecular complexity index is 660. The molecule has 0 saturated heterocycles. The first-order valence-corrected chi connectivity index (χ1v) is 5.88. The van der Waals surface area contributed by atoms with Crippen molar-refractivity contribution in [1.82, 2.24) is 0 Å². The Morgan fingerprint density at radius 3 is 2.14 bits per heavy atom. The Kier molecular flexibility index (Phi) is 3.97. The number of halogens is 4. The molecule has 0 N–H and O–H groups in total. The minimum absolute atomic E-state index is 0.00704. The van der Waals surface area contributed by atoms with E-state index in [1.54, 1.807) is 0 Å². The van der Waals surface area contributed by atoms with E-state index in [1.807, 2.05) is 0 Å². The summed E-state index contributed by atoms with van der Waals surface area (Å²) in [6.07, 6.45) is -4.43. The molecule has 2 aromatic rings. The number of alkyl halides is 3. The molecule has 0 saturated carbocycles. The van der Waals surface area contributed by atoms with E-state index in [2.05, 4.69) is 4.74 Å². The van der Waals surface area contributed by atoms with E-state index in [0.29, 0.717) is 11.1 Å². The molecule has 0 aliphatic heterocycles. The fourth-order valence-electron chi connectivity index (χ4n) is 1.84. The van der Waals surface area contributed by atoms with Crippen molar-refractivity contribution in [3.63, 3.8) is 0 Å². The van der Waals surface area contributed by atoms with Gasteiger partial charge in [0.05, 0.1) is 18.2 Å². The first kappa shape index (κ1) is 15.0. The number of hydrogen-bond acceptors (Lipinski definition) is 2. The zero-order chi connectivity index (χ0) is 15.6. The topological polar surface area (TPSA) is 26.3 Å². The summed E-state index contributed by atoms with van der Waals surface area (Å²) in [5, 5.41) is 0. The summed E-state index contributed by atoms with van der Waals surface area (Å²) in [5.74, 6) is -1.39. The maximum Gasteiger partial charge on any atom is 0.416 e. The van der Waals surface area contributed by atoms with Gasteiger partial charge in [0.15, 0.2) is 0 Å². The smallest absolute Gasteiger partial charge is 0.416 e. The Labute approximate surface area is 118 Å². The van der Waals surface area contributed by atoms with Gasteiger partial charge in [-0.1, -0.05) is 12.1 Å². The predicted octanol–water partition coefficient (Wildman–Crippen LogP) is 4.30. The van der Waals surface area contributed by atoms with Gasteiger partial charge in [0, 0.05) is 0 Å². The maximum atomic E-state index is 13.5. The molecule has 110 valence electrons. The third-order valence-corrected chi connectivity index (χ3v) is 2.86. The molecule has 21 heavy (non-hydrogen) atoms. The highest BCUT2D eigenvalue weighted by molar-refractivity contribution is 5.91. The van der Waals surface area contributed by atoms with Crippen LogP contribution in [-0.2, 0) is 10.9 Å². The molecule has 0 spiro atoms. The largest absolute Gasteiger partial charge is 0.465 e. The third kappa shape index (κ3) is 3.39. The van der Waals surface area contributed by atoms with Crippen molar-refractivity contribution in [1.29, 1.82) is 0 Å². The number of benzene rings is 2. The molecule has 0 aromatic heterocycles. The number of carbonyl (C=O) groups is 1. The fourth-order valence-corrected chi connectivity index (χ4v) is 1.84. The molecule has 2 rings (SSSR count). The molecule has 0 atom stereocenters. The number of rotatable bonds is 2. The Morgan fingerprint density at radius 1 is 1.00 bits per heavy atom. The van der Waals surface area contributed by atoms with Gasteiger partial charge >= 0.3 is 12.1 Å². The van der Waals surface area contributed by atoms with Crippen LogP contribution in [0.1, 0.15) is 15.9 Å². The van der Waals surface area contributed by atoms with Crippen LogP contribution < -0.4 is 0 Å². The van der Waals surface area contributed by atoms with Crippen molar-refractivity contribution in [3.05, 3.63) is 59.4 Å². The molecule has 0 fully saturated rings. The van der Waals surface area contributed by atoms with Crippen molar-refractivity contribution in [3.8, 4) is 11.1 Å². The average Bonchev–Trinajstić information content (AvgIpc) is 2.45. The first-order valence-electron chi connectivity index (χ1n) is 5.88. The molecule has 0 heterocycles. The van der Waals surface area contributed by atoms with Gasteiger partial charge in [-0.2, -0.15) is 13.2 Å². The Morgan fingerprint density at radius 2 is 1.62 bits per heavy atom. The molecule has 0 radical (unpaired) electrons. The minimum Gasteiger partial charge on any atom is -0.465 e. The van der Waals surface area contributed by atoms with Gasteiger partial charge in [0.2, 0.25) is 0 Å². The number of carbonyl (C=O) groups excluding carboxylic acids is 1. The molecule has 0 bridgehead atoms. The second kappa shape index (κ2) is 5.55. The van der Waals surface area contributed by atoms with Gasteiger partial charge in [-0.05, 0) is 41.5 Å². The van der Waals surface area contributed by atoms with E-state index in [9.17, 15) is 22.4 Å². The summed E-state index contributed by atoms with van der Waals surface area (Å²) in [4.78, 5) is 11.4. The maximum absolute atomic E-state index is 13.5. The lowest BCUT2D eigenvalue weighted by Gasteiger charge is -2.09. The Balaban J connectivity index is 2.42. The van der Waals surface area contributed by atoms with Crippen LogP contribution in [0.5, 0.6) is 0 Å². The zero-order valence-corrected chi connectivity index (χ0v) is 10.9. The van der Waals surface area contributed by atoms with Crippen molar-refractivity contribution >= 4 is 5.97 Å². The van der Waals surface area contributed by atoms with Crippen molar-refractivity contribution in [2.75, 3.05) is 7.11 Å². The van der Waals surface area contributed by atoms with E-state index >= 15 is 0 Å². The van der Waals surface area contributed by atoms with E-state index in [1.165, 1.54) is 18.2 Å². The van der Waals surface area contributed by atoms with Crippen LogP contribution in [-0.4, -0.2) is 13.1 Å². The number of hydrogen-bond donors (Lipinski definition) is 0. The summed E-state index contributed by atoms with van der Waals surface area (Å²) in [7, 11) is 1.16. The molecule has 0 aliphatic rings. The van der Waals surface area contributed by atoms with Crippen LogP contribution >= 0.6 is 0 Å². The number of ether oxygens (including phenoxy) is 1. The van der Waals surface area contributed by atoms with Gasteiger partial charge in [-0.25, -0.2) is 9.18 Å². The molecule has 2 aromatic carbocycles. The second-order valence-electron chi connectivity index (χ2n) is 4.30. The van der Waals surface area contributed by atoms with Crippen LogP contribution in [0.25, 0.3) is 11.1 Å². The highest BCUT2D eigenvalue weighted by Gasteiger charge is 2.30. The SMILES string of the molecule is COC(=O)c1cc(F)cc(-c2ccc(C(F)(F)F)cc2)c1. The van der Waals surface area contributed by atoms with E-state index in [-0.39, 0.29) is 5.56 Å². The average molecular weight is 298 g/mol. The highest BCUT2D eigenvalue weighted by Crippen LogP contribution is 2.31. The molecule has 0 aliphatic carbocycles. The van der Waals surface area contributed by atoms with Crippen LogP contribution in [0.4, 0.5) is 17.6 Å². The molecule has 0 unspecified atom stereocenters. The van der Waals surface area contributed by atoms with Gasteiger partial charge in [-0.3, -0.25) is 0 Å². The van der Waals surface area contributed by atoms with Crippen LogP contribution in [0.15, 0.2) is 42.5 Å². The lowest BCUT2D eigenvalue weighted by Crippen LogP contribution is -2.04. The van der Waals surface area contributed by atoms with Gasteiger partial charge in [0.1, 0.15) is 5.82 Å². The van der Waals surface area contributed by atoms with Crippen molar-refractivity contribution in [2.45, 2.75) is 6.18 Å². The molecule has 2 nitrogen and oxygen atoms in total.